The molecule has 0 aliphatic carbocycles. The van der Waals surface area contributed by atoms with Crippen molar-refractivity contribution in [2.75, 3.05) is 11.4 Å². The van der Waals surface area contributed by atoms with Crippen LogP contribution in [0.25, 0.3) is 11.8 Å². The van der Waals surface area contributed by atoms with Gasteiger partial charge in [0.25, 0.3) is 5.56 Å². The van der Waals surface area contributed by atoms with E-state index in [1.807, 2.05) is 36.4 Å². The predicted octanol–water partition coefficient (Wildman–Crippen LogP) is 5.60. The lowest BCUT2D eigenvalue weighted by atomic mass is 9.84. The standard InChI is InChI=1S/C26H29N3O/c1-6-28-22-15-11-10-14-21(22)26(4,5)23(28)17-16-20-24(18(2)3)27-29(25(20)30)19-12-8-7-9-13-19/h7-16,18,27H,6H2,1-5H3. The van der Waals surface area contributed by atoms with Crippen molar-refractivity contribution in [3.8, 4) is 5.69 Å². The number of aromatic nitrogens is 2. The zero-order chi connectivity index (χ0) is 21.5. The smallest absolute Gasteiger partial charge is 0.279 e. The summed E-state index contributed by atoms with van der Waals surface area (Å²) < 4.78 is 1.62. The maximum Gasteiger partial charge on any atom is 0.279 e. The summed E-state index contributed by atoms with van der Waals surface area (Å²) in [5.74, 6) is 0.191. The Bertz CT molecular complexity index is 1190. The van der Waals surface area contributed by atoms with Crippen LogP contribution in [0.5, 0.6) is 0 Å². The molecule has 0 fully saturated rings. The maximum absolute atomic E-state index is 13.3. The first-order valence-corrected chi connectivity index (χ1v) is 10.6. The highest BCUT2D eigenvalue weighted by Crippen LogP contribution is 2.46. The molecular weight excluding hydrogens is 370 g/mol. The van der Waals surface area contributed by atoms with E-state index in [2.05, 4.69) is 74.6 Å². The van der Waals surface area contributed by atoms with Crippen molar-refractivity contribution in [1.29, 1.82) is 0 Å². The van der Waals surface area contributed by atoms with Gasteiger partial charge in [-0.25, -0.2) is 4.68 Å². The number of para-hydroxylation sites is 2. The van der Waals surface area contributed by atoms with Gasteiger partial charge in [-0.3, -0.25) is 9.89 Å². The van der Waals surface area contributed by atoms with E-state index in [9.17, 15) is 4.79 Å². The zero-order valence-electron chi connectivity index (χ0n) is 18.4. The molecule has 1 N–H and O–H groups in total. The van der Waals surface area contributed by atoms with E-state index in [-0.39, 0.29) is 16.9 Å². The summed E-state index contributed by atoms with van der Waals surface area (Å²) in [6.45, 7) is 11.6. The number of hydrogen-bond acceptors (Lipinski definition) is 2. The van der Waals surface area contributed by atoms with Crippen LogP contribution >= 0.6 is 0 Å². The molecule has 2 heterocycles. The van der Waals surface area contributed by atoms with E-state index in [0.717, 1.165) is 23.6 Å². The topological polar surface area (TPSA) is 41.0 Å². The molecule has 0 saturated heterocycles. The summed E-state index contributed by atoms with van der Waals surface area (Å²) in [5, 5.41) is 3.31. The zero-order valence-corrected chi connectivity index (χ0v) is 18.4. The van der Waals surface area contributed by atoms with E-state index in [1.165, 1.54) is 11.3 Å². The molecule has 0 spiro atoms. The van der Waals surface area contributed by atoms with Crippen LogP contribution in [-0.4, -0.2) is 16.3 Å². The first kappa shape index (κ1) is 20.1. The number of nitrogens with one attached hydrogen (secondary N) is 1. The first-order valence-electron chi connectivity index (χ1n) is 10.6. The summed E-state index contributed by atoms with van der Waals surface area (Å²) in [6, 6.07) is 18.2. The van der Waals surface area contributed by atoms with E-state index in [1.54, 1.807) is 4.68 Å². The fourth-order valence-electron chi connectivity index (χ4n) is 4.36. The molecule has 4 heteroatoms. The van der Waals surface area contributed by atoms with Gasteiger partial charge in [-0.2, -0.15) is 0 Å². The van der Waals surface area contributed by atoms with Gasteiger partial charge < -0.3 is 4.90 Å². The van der Waals surface area contributed by atoms with Gasteiger partial charge in [0.05, 0.1) is 16.9 Å². The fraction of sp³-hybridized carbons (Fsp3) is 0.308. The quantitative estimate of drug-likeness (QED) is 0.580. The Kier molecular flexibility index (Phi) is 5.05. The molecule has 4 nitrogen and oxygen atoms in total. The number of fused-ring (bicyclic) bond motifs is 1. The van der Waals surface area contributed by atoms with Crippen LogP contribution in [0.1, 0.15) is 57.4 Å². The monoisotopic (exact) mass is 399 g/mol. The van der Waals surface area contributed by atoms with Crippen molar-refractivity contribution in [1.82, 2.24) is 9.78 Å². The molecule has 0 unspecified atom stereocenters. The van der Waals surface area contributed by atoms with Crippen molar-refractivity contribution < 1.29 is 0 Å². The number of hydrogen-bond donors (Lipinski definition) is 1. The molecule has 0 atom stereocenters. The lowest BCUT2D eigenvalue weighted by Gasteiger charge is -2.23. The highest BCUT2D eigenvalue weighted by atomic mass is 16.1. The normalized spacial score (nSPS) is 14.7. The molecule has 2 aromatic carbocycles. The molecule has 154 valence electrons. The molecule has 3 aromatic rings. The Morgan fingerprint density at radius 3 is 2.40 bits per heavy atom. The summed E-state index contributed by atoms with van der Waals surface area (Å²) in [7, 11) is 0. The average molecular weight is 400 g/mol. The number of rotatable bonds is 4. The number of likely N-dealkylation sites (N-methyl/N-ethyl adjacent to an activating group) is 1. The predicted molar refractivity (Wildman–Crippen MR) is 124 cm³/mol. The van der Waals surface area contributed by atoms with Crippen molar-refractivity contribution in [2.24, 2.45) is 0 Å². The average Bonchev–Trinajstić information content (AvgIpc) is 3.18. The number of H-pyrrole nitrogens is 1. The third-order valence-corrected chi connectivity index (χ3v) is 5.95. The van der Waals surface area contributed by atoms with Crippen LogP contribution in [0.4, 0.5) is 5.69 Å². The van der Waals surface area contributed by atoms with Crippen molar-refractivity contribution in [3.63, 3.8) is 0 Å². The van der Waals surface area contributed by atoms with Crippen LogP contribution in [0.2, 0.25) is 0 Å². The van der Waals surface area contributed by atoms with Gasteiger partial charge in [-0.15, -0.1) is 0 Å². The molecule has 1 aromatic heterocycles. The van der Waals surface area contributed by atoms with Gasteiger partial charge in [-0.05, 0) is 56.5 Å². The van der Waals surface area contributed by atoms with Gasteiger partial charge in [0.1, 0.15) is 0 Å². The number of benzene rings is 2. The van der Waals surface area contributed by atoms with Gasteiger partial charge in [0.15, 0.2) is 0 Å². The fourth-order valence-corrected chi connectivity index (χ4v) is 4.36. The van der Waals surface area contributed by atoms with Gasteiger partial charge in [0, 0.05) is 23.3 Å². The Morgan fingerprint density at radius 1 is 1.07 bits per heavy atom. The lowest BCUT2D eigenvalue weighted by molar-refractivity contribution is 0.635. The Morgan fingerprint density at radius 2 is 1.73 bits per heavy atom. The Labute approximate surface area is 178 Å². The molecule has 1 aliphatic rings. The first-order chi connectivity index (χ1) is 14.4. The highest BCUT2D eigenvalue weighted by molar-refractivity contribution is 5.71. The molecular formula is C26H29N3O. The van der Waals surface area contributed by atoms with Crippen molar-refractivity contribution >= 4 is 11.8 Å². The van der Waals surface area contributed by atoms with Gasteiger partial charge in [-0.1, -0.05) is 56.0 Å². The van der Waals surface area contributed by atoms with Crippen molar-refractivity contribution in [2.45, 2.75) is 46.0 Å². The Hall–Kier alpha value is -3.23. The largest absolute Gasteiger partial charge is 0.338 e. The van der Waals surface area contributed by atoms with Crippen LogP contribution in [0.3, 0.4) is 0 Å². The molecule has 1 aliphatic heterocycles. The second-order valence-corrected chi connectivity index (χ2v) is 8.59. The van der Waals surface area contributed by atoms with E-state index < -0.39 is 0 Å². The SMILES string of the molecule is CCN1C(=C=Cc2c(C(C)C)[nH]n(-c3ccccc3)c2=O)C(C)(C)c2ccccc21. The van der Waals surface area contributed by atoms with Crippen LogP contribution in [-0.2, 0) is 5.41 Å². The molecule has 0 saturated carbocycles. The van der Waals surface area contributed by atoms with Crippen LogP contribution in [0.15, 0.2) is 70.8 Å². The molecule has 0 radical (unpaired) electrons. The highest BCUT2D eigenvalue weighted by Gasteiger charge is 2.39. The van der Waals surface area contributed by atoms with Crippen molar-refractivity contribution in [3.05, 3.63) is 93.2 Å². The second-order valence-electron chi connectivity index (χ2n) is 8.59. The molecule has 4 rings (SSSR count). The van der Waals surface area contributed by atoms with Gasteiger partial charge in [0.2, 0.25) is 0 Å². The van der Waals surface area contributed by atoms with E-state index in [0.29, 0.717) is 5.56 Å². The van der Waals surface area contributed by atoms with E-state index >= 15 is 0 Å². The number of nitrogens with zero attached hydrogens (tertiary/aromatic N) is 2. The second kappa shape index (κ2) is 7.55. The minimum Gasteiger partial charge on any atom is -0.338 e. The number of anilines is 1. The Balaban J connectivity index is 1.89. The summed E-state index contributed by atoms with van der Waals surface area (Å²) in [6.07, 6.45) is 1.87. The minimum absolute atomic E-state index is 0.0469. The number of aromatic amines is 1. The van der Waals surface area contributed by atoms with Gasteiger partial charge >= 0.3 is 0 Å². The van der Waals surface area contributed by atoms with Crippen LogP contribution < -0.4 is 10.5 Å². The lowest BCUT2D eigenvalue weighted by Crippen LogP contribution is -2.25. The molecule has 30 heavy (non-hydrogen) atoms. The van der Waals surface area contributed by atoms with Crippen LogP contribution in [0, 0.1) is 0 Å². The molecule has 0 amide bonds. The third-order valence-electron chi connectivity index (χ3n) is 5.95. The van der Waals surface area contributed by atoms with E-state index in [4.69, 9.17) is 0 Å². The maximum atomic E-state index is 13.3. The third kappa shape index (κ3) is 3.14. The summed E-state index contributed by atoms with van der Waals surface area (Å²) in [5.41, 5.74) is 9.34. The summed E-state index contributed by atoms with van der Waals surface area (Å²) >= 11 is 0. The minimum atomic E-state index is -0.171. The summed E-state index contributed by atoms with van der Waals surface area (Å²) in [4.78, 5) is 15.6. The number of allylic oxidation sites excluding steroid dienone is 1. The molecule has 0 bridgehead atoms.